The largest absolute Gasteiger partial charge is 0.398 e. The van der Waals surface area contributed by atoms with Crippen molar-refractivity contribution in [3.63, 3.8) is 0 Å². The molecule has 0 unspecified atom stereocenters. The van der Waals surface area contributed by atoms with Crippen molar-refractivity contribution in [2.24, 2.45) is 5.92 Å². The van der Waals surface area contributed by atoms with E-state index in [0.29, 0.717) is 12.8 Å². The Morgan fingerprint density at radius 3 is 2.86 bits per heavy atom. The maximum atomic E-state index is 11.4. The van der Waals surface area contributed by atoms with Crippen molar-refractivity contribution in [3.8, 4) is 0 Å². The zero-order valence-corrected chi connectivity index (χ0v) is 8.66. The third-order valence-electron chi connectivity index (χ3n) is 2.23. The number of ketones is 1. The highest BCUT2D eigenvalue weighted by Crippen LogP contribution is 2.12. The standard InChI is InChI=1S/C11H16N2O/c1-8(2)11(14)4-3-9-7-13-6-5-10(9)12/h5-8H,3-4H2,1-2H3,(H2,12,13). The van der Waals surface area contributed by atoms with Crippen LogP contribution in [0.15, 0.2) is 18.5 Å². The van der Waals surface area contributed by atoms with E-state index in [4.69, 9.17) is 5.73 Å². The topological polar surface area (TPSA) is 56.0 Å². The molecule has 0 aromatic carbocycles. The van der Waals surface area contributed by atoms with Gasteiger partial charge >= 0.3 is 0 Å². The van der Waals surface area contributed by atoms with E-state index in [1.807, 2.05) is 13.8 Å². The Kier molecular flexibility index (Phi) is 3.63. The molecule has 1 rings (SSSR count). The molecule has 0 saturated carbocycles. The summed E-state index contributed by atoms with van der Waals surface area (Å²) in [7, 11) is 0. The molecular weight excluding hydrogens is 176 g/mol. The van der Waals surface area contributed by atoms with E-state index in [2.05, 4.69) is 4.98 Å². The molecule has 0 amide bonds. The molecule has 0 bridgehead atoms. The second-order valence-electron chi connectivity index (χ2n) is 3.70. The fourth-order valence-electron chi connectivity index (χ4n) is 1.19. The number of pyridine rings is 1. The summed E-state index contributed by atoms with van der Waals surface area (Å²) in [6.45, 7) is 3.82. The summed E-state index contributed by atoms with van der Waals surface area (Å²) in [5.74, 6) is 0.376. The van der Waals surface area contributed by atoms with Gasteiger partial charge in [0.25, 0.3) is 0 Å². The predicted molar refractivity (Wildman–Crippen MR) is 56.8 cm³/mol. The SMILES string of the molecule is CC(C)C(=O)CCc1cnccc1N. The van der Waals surface area contributed by atoms with Crippen molar-refractivity contribution in [2.45, 2.75) is 26.7 Å². The number of rotatable bonds is 4. The molecule has 1 aromatic heterocycles. The van der Waals surface area contributed by atoms with Gasteiger partial charge in [0.2, 0.25) is 0 Å². The van der Waals surface area contributed by atoms with Crippen LogP contribution >= 0.6 is 0 Å². The van der Waals surface area contributed by atoms with Crippen molar-refractivity contribution in [2.75, 3.05) is 5.73 Å². The van der Waals surface area contributed by atoms with Gasteiger partial charge in [0.1, 0.15) is 5.78 Å². The van der Waals surface area contributed by atoms with Gasteiger partial charge in [-0.05, 0) is 18.1 Å². The van der Waals surface area contributed by atoms with Crippen molar-refractivity contribution < 1.29 is 4.79 Å². The van der Waals surface area contributed by atoms with Crippen LogP contribution in [0.4, 0.5) is 5.69 Å². The summed E-state index contributed by atoms with van der Waals surface area (Å²) in [5.41, 5.74) is 7.41. The zero-order valence-electron chi connectivity index (χ0n) is 8.66. The molecule has 0 fully saturated rings. The van der Waals surface area contributed by atoms with Gasteiger partial charge < -0.3 is 5.73 Å². The lowest BCUT2D eigenvalue weighted by Gasteiger charge is -2.05. The molecule has 76 valence electrons. The Morgan fingerprint density at radius 2 is 2.29 bits per heavy atom. The van der Waals surface area contributed by atoms with Gasteiger partial charge in [-0.3, -0.25) is 9.78 Å². The molecule has 3 nitrogen and oxygen atoms in total. The lowest BCUT2D eigenvalue weighted by Crippen LogP contribution is -2.08. The monoisotopic (exact) mass is 192 g/mol. The van der Waals surface area contributed by atoms with Crippen molar-refractivity contribution >= 4 is 11.5 Å². The van der Waals surface area contributed by atoms with Crippen LogP contribution in [-0.2, 0) is 11.2 Å². The molecule has 14 heavy (non-hydrogen) atoms. The van der Waals surface area contributed by atoms with Crippen LogP contribution in [0, 0.1) is 5.92 Å². The normalized spacial score (nSPS) is 10.5. The molecule has 0 aliphatic heterocycles. The van der Waals surface area contributed by atoms with E-state index in [-0.39, 0.29) is 11.7 Å². The van der Waals surface area contributed by atoms with E-state index in [0.717, 1.165) is 11.3 Å². The van der Waals surface area contributed by atoms with Gasteiger partial charge in [-0.25, -0.2) is 0 Å². The first-order valence-corrected chi connectivity index (χ1v) is 4.82. The maximum Gasteiger partial charge on any atom is 0.135 e. The van der Waals surface area contributed by atoms with Crippen LogP contribution in [0.5, 0.6) is 0 Å². The first-order valence-electron chi connectivity index (χ1n) is 4.82. The van der Waals surface area contributed by atoms with E-state index in [9.17, 15) is 4.79 Å². The lowest BCUT2D eigenvalue weighted by atomic mass is 10.0. The van der Waals surface area contributed by atoms with E-state index in [1.54, 1.807) is 18.5 Å². The smallest absolute Gasteiger partial charge is 0.135 e. The van der Waals surface area contributed by atoms with Crippen molar-refractivity contribution in [1.29, 1.82) is 0 Å². The average molecular weight is 192 g/mol. The van der Waals surface area contributed by atoms with Gasteiger partial charge in [-0.2, -0.15) is 0 Å². The molecule has 0 spiro atoms. The average Bonchev–Trinajstić information content (AvgIpc) is 2.16. The first kappa shape index (κ1) is 10.7. The summed E-state index contributed by atoms with van der Waals surface area (Å²) >= 11 is 0. The number of nitrogens with zero attached hydrogens (tertiary/aromatic N) is 1. The Hall–Kier alpha value is -1.38. The summed E-state index contributed by atoms with van der Waals surface area (Å²) in [4.78, 5) is 15.3. The van der Waals surface area contributed by atoms with E-state index in [1.165, 1.54) is 0 Å². The van der Waals surface area contributed by atoms with Crippen LogP contribution < -0.4 is 5.73 Å². The minimum Gasteiger partial charge on any atom is -0.398 e. The molecule has 0 aliphatic rings. The third kappa shape index (κ3) is 2.83. The second-order valence-corrected chi connectivity index (χ2v) is 3.70. The van der Waals surface area contributed by atoms with Crippen molar-refractivity contribution in [1.82, 2.24) is 4.98 Å². The van der Waals surface area contributed by atoms with Crippen LogP contribution in [0.2, 0.25) is 0 Å². The number of hydrogen-bond donors (Lipinski definition) is 1. The fraction of sp³-hybridized carbons (Fsp3) is 0.455. The molecule has 2 N–H and O–H groups in total. The maximum absolute atomic E-state index is 11.4. The number of nitrogens with two attached hydrogens (primary N) is 1. The minimum atomic E-state index is 0.105. The number of aromatic nitrogens is 1. The van der Waals surface area contributed by atoms with Crippen LogP contribution in [0.25, 0.3) is 0 Å². The van der Waals surface area contributed by atoms with Gasteiger partial charge in [-0.15, -0.1) is 0 Å². The van der Waals surface area contributed by atoms with Gasteiger partial charge in [0.15, 0.2) is 0 Å². The fourth-order valence-corrected chi connectivity index (χ4v) is 1.19. The van der Waals surface area contributed by atoms with Gasteiger partial charge in [0.05, 0.1) is 0 Å². The molecule has 0 aliphatic carbocycles. The molecule has 0 saturated heterocycles. The predicted octanol–water partition coefficient (Wildman–Crippen LogP) is 1.82. The summed E-state index contributed by atoms with van der Waals surface area (Å²) in [6.07, 6.45) is 4.62. The number of nitrogen functional groups attached to an aromatic ring is 1. The molecule has 0 radical (unpaired) electrons. The van der Waals surface area contributed by atoms with Crippen LogP contribution in [-0.4, -0.2) is 10.8 Å². The van der Waals surface area contributed by atoms with E-state index < -0.39 is 0 Å². The first-order chi connectivity index (χ1) is 6.61. The van der Waals surface area contributed by atoms with Crippen LogP contribution in [0.1, 0.15) is 25.8 Å². The number of Topliss-reactive ketones (excluding diaryl/α,β-unsaturated/α-hetero) is 1. The van der Waals surface area contributed by atoms with Gasteiger partial charge in [-0.1, -0.05) is 13.8 Å². The number of carbonyl (C=O) groups excluding carboxylic acids is 1. The number of hydrogen-bond acceptors (Lipinski definition) is 3. The molecule has 3 heteroatoms. The third-order valence-corrected chi connectivity index (χ3v) is 2.23. The number of aryl methyl sites for hydroxylation is 1. The number of carbonyl (C=O) groups is 1. The van der Waals surface area contributed by atoms with Gasteiger partial charge in [0, 0.05) is 30.4 Å². The molecule has 0 atom stereocenters. The summed E-state index contributed by atoms with van der Waals surface area (Å²) in [6, 6.07) is 1.76. The van der Waals surface area contributed by atoms with Crippen molar-refractivity contribution in [3.05, 3.63) is 24.0 Å². The molecular formula is C11H16N2O. The van der Waals surface area contributed by atoms with E-state index >= 15 is 0 Å². The minimum absolute atomic E-state index is 0.105. The Labute approximate surface area is 84.3 Å². The quantitative estimate of drug-likeness (QED) is 0.791. The highest BCUT2D eigenvalue weighted by molar-refractivity contribution is 5.80. The Balaban J connectivity index is 2.54. The molecule has 1 aromatic rings. The number of anilines is 1. The summed E-state index contributed by atoms with van der Waals surface area (Å²) in [5, 5.41) is 0. The Bertz CT molecular complexity index is 321. The lowest BCUT2D eigenvalue weighted by molar-refractivity contribution is -0.121. The Morgan fingerprint density at radius 1 is 1.57 bits per heavy atom. The zero-order chi connectivity index (χ0) is 10.6. The molecule has 1 heterocycles. The highest BCUT2D eigenvalue weighted by atomic mass is 16.1. The summed E-state index contributed by atoms with van der Waals surface area (Å²) < 4.78 is 0. The van der Waals surface area contributed by atoms with Crippen LogP contribution in [0.3, 0.4) is 0 Å². The second kappa shape index (κ2) is 4.74. The highest BCUT2D eigenvalue weighted by Gasteiger charge is 2.08.